The van der Waals surface area contributed by atoms with Crippen LogP contribution >= 0.6 is 0 Å². The molecule has 1 aromatic heterocycles. The lowest BCUT2D eigenvalue weighted by Gasteiger charge is -2.33. The molecule has 3 rings (SSSR count). The van der Waals surface area contributed by atoms with Gasteiger partial charge in [0, 0.05) is 49.2 Å². The van der Waals surface area contributed by atoms with Gasteiger partial charge >= 0.3 is 0 Å². The molecule has 0 aliphatic carbocycles. The van der Waals surface area contributed by atoms with Gasteiger partial charge in [-0.15, -0.1) is 0 Å². The molecule has 2 heterocycles. The first-order valence-electron chi connectivity index (χ1n) is 10.6. The molecule has 0 saturated carbocycles. The van der Waals surface area contributed by atoms with E-state index in [1.165, 1.54) is 0 Å². The summed E-state index contributed by atoms with van der Waals surface area (Å²) in [6.45, 7) is 10.6. The van der Waals surface area contributed by atoms with Crippen molar-refractivity contribution in [2.45, 2.75) is 40.2 Å². The minimum atomic E-state index is -3.29. The number of sulfonamides is 1. The Morgan fingerprint density at radius 1 is 1.03 bits per heavy atom. The fourth-order valence-corrected chi connectivity index (χ4v) is 5.80. The topological polar surface area (TPSA) is 62.6 Å². The van der Waals surface area contributed by atoms with Crippen LogP contribution in [0.25, 0.3) is 0 Å². The van der Waals surface area contributed by atoms with Gasteiger partial charge in [-0.2, -0.15) is 4.31 Å². The predicted molar refractivity (Wildman–Crippen MR) is 121 cm³/mol. The van der Waals surface area contributed by atoms with Crippen LogP contribution in [0.1, 0.15) is 47.2 Å². The second-order valence-corrected chi connectivity index (χ2v) is 10.5. The van der Waals surface area contributed by atoms with Crippen molar-refractivity contribution in [1.29, 1.82) is 0 Å². The molecule has 164 valence electrons. The number of Topliss-reactive ketones (excluding diaryl/α,β-unsaturated/α-hetero) is 1. The van der Waals surface area contributed by atoms with Crippen molar-refractivity contribution >= 4 is 15.8 Å². The van der Waals surface area contributed by atoms with Crippen LogP contribution in [0.4, 0.5) is 0 Å². The maximum atomic E-state index is 12.9. The SMILES string of the molecule is Cc1cc(C(=O)CN2CCN(S(=O)(=O)CCc3ccccc3)CC2)c(C)n1C(C)C. The van der Waals surface area contributed by atoms with E-state index in [4.69, 9.17) is 0 Å². The molecule has 1 saturated heterocycles. The lowest BCUT2D eigenvalue weighted by atomic mass is 10.1. The Morgan fingerprint density at radius 2 is 1.67 bits per heavy atom. The number of aryl methyl sites for hydroxylation is 2. The number of ketones is 1. The molecule has 0 unspecified atom stereocenters. The van der Waals surface area contributed by atoms with Gasteiger partial charge in [0.2, 0.25) is 10.0 Å². The van der Waals surface area contributed by atoms with Crippen LogP contribution in [0.3, 0.4) is 0 Å². The summed E-state index contributed by atoms with van der Waals surface area (Å²) in [5, 5.41) is 0. The smallest absolute Gasteiger partial charge is 0.214 e. The number of aromatic nitrogens is 1. The van der Waals surface area contributed by atoms with E-state index in [0.29, 0.717) is 45.2 Å². The Labute approximate surface area is 180 Å². The first-order valence-corrected chi connectivity index (χ1v) is 12.3. The van der Waals surface area contributed by atoms with Crippen LogP contribution in [0.15, 0.2) is 36.4 Å². The molecule has 7 heteroatoms. The predicted octanol–water partition coefficient (Wildman–Crippen LogP) is 3.06. The fraction of sp³-hybridized carbons (Fsp3) is 0.522. The molecular weight excluding hydrogens is 398 g/mol. The van der Waals surface area contributed by atoms with Gasteiger partial charge in [-0.05, 0) is 45.7 Å². The second kappa shape index (κ2) is 9.45. The third-order valence-electron chi connectivity index (χ3n) is 5.88. The van der Waals surface area contributed by atoms with Crippen LogP contribution < -0.4 is 0 Å². The van der Waals surface area contributed by atoms with Crippen LogP contribution in [0.5, 0.6) is 0 Å². The third-order valence-corrected chi connectivity index (χ3v) is 7.76. The third kappa shape index (κ3) is 5.20. The molecule has 1 aliphatic heterocycles. The summed E-state index contributed by atoms with van der Waals surface area (Å²) in [4.78, 5) is 14.9. The van der Waals surface area contributed by atoms with E-state index >= 15 is 0 Å². The number of nitrogens with zero attached hydrogens (tertiary/aromatic N) is 3. The molecule has 1 aliphatic rings. The van der Waals surface area contributed by atoms with Gasteiger partial charge in [0.1, 0.15) is 0 Å². The van der Waals surface area contributed by atoms with Crippen molar-refractivity contribution < 1.29 is 13.2 Å². The van der Waals surface area contributed by atoms with Gasteiger partial charge in [-0.25, -0.2) is 8.42 Å². The number of carbonyl (C=O) groups excluding carboxylic acids is 1. The normalized spacial score (nSPS) is 16.3. The molecule has 2 aromatic rings. The molecule has 0 radical (unpaired) electrons. The molecule has 1 fully saturated rings. The largest absolute Gasteiger partial charge is 0.346 e. The number of piperazine rings is 1. The molecule has 0 spiro atoms. The minimum absolute atomic E-state index is 0.107. The number of hydrogen-bond acceptors (Lipinski definition) is 4. The Hall–Kier alpha value is -1.96. The van der Waals surface area contributed by atoms with Crippen LogP contribution in [0, 0.1) is 13.8 Å². The van der Waals surface area contributed by atoms with E-state index in [0.717, 1.165) is 22.5 Å². The fourth-order valence-electron chi connectivity index (χ4n) is 4.33. The van der Waals surface area contributed by atoms with Crippen LogP contribution in [-0.4, -0.2) is 66.4 Å². The van der Waals surface area contributed by atoms with Crippen molar-refractivity contribution in [3.05, 3.63) is 58.9 Å². The summed E-state index contributed by atoms with van der Waals surface area (Å²) >= 11 is 0. The summed E-state index contributed by atoms with van der Waals surface area (Å²) < 4.78 is 29.1. The summed E-state index contributed by atoms with van der Waals surface area (Å²) in [5.41, 5.74) is 3.92. The van der Waals surface area contributed by atoms with E-state index in [1.807, 2.05) is 50.2 Å². The van der Waals surface area contributed by atoms with E-state index in [2.05, 4.69) is 23.3 Å². The monoisotopic (exact) mass is 431 g/mol. The van der Waals surface area contributed by atoms with Crippen molar-refractivity contribution in [3.63, 3.8) is 0 Å². The summed E-state index contributed by atoms with van der Waals surface area (Å²) in [7, 11) is -3.29. The zero-order chi connectivity index (χ0) is 21.9. The van der Waals surface area contributed by atoms with Gasteiger partial charge in [0.05, 0.1) is 12.3 Å². The molecule has 0 N–H and O–H groups in total. The Bertz CT molecular complexity index is 973. The number of rotatable bonds is 8. The molecular formula is C23H33N3O3S. The average molecular weight is 432 g/mol. The van der Waals surface area contributed by atoms with E-state index in [-0.39, 0.29) is 11.5 Å². The zero-order valence-corrected chi connectivity index (χ0v) is 19.3. The lowest BCUT2D eigenvalue weighted by molar-refractivity contribution is 0.0901. The van der Waals surface area contributed by atoms with E-state index in [1.54, 1.807) is 4.31 Å². The zero-order valence-electron chi connectivity index (χ0n) is 18.5. The number of benzene rings is 1. The minimum Gasteiger partial charge on any atom is -0.346 e. The maximum Gasteiger partial charge on any atom is 0.214 e. The van der Waals surface area contributed by atoms with Gasteiger partial charge in [-0.1, -0.05) is 30.3 Å². The van der Waals surface area contributed by atoms with Gasteiger partial charge in [0.15, 0.2) is 5.78 Å². The maximum absolute atomic E-state index is 12.9. The first kappa shape index (κ1) is 22.7. The highest BCUT2D eigenvalue weighted by molar-refractivity contribution is 7.89. The van der Waals surface area contributed by atoms with Crippen molar-refractivity contribution in [3.8, 4) is 0 Å². The van der Waals surface area contributed by atoms with E-state index in [9.17, 15) is 13.2 Å². The van der Waals surface area contributed by atoms with E-state index < -0.39 is 10.0 Å². The standard InChI is InChI=1S/C23H33N3O3S/c1-18(2)26-19(3)16-22(20(26)4)23(27)17-24-11-13-25(14-12-24)30(28,29)15-10-21-8-6-5-7-9-21/h5-9,16,18H,10-15,17H2,1-4H3. The summed E-state index contributed by atoms with van der Waals surface area (Å²) in [5.74, 6) is 0.229. The highest BCUT2D eigenvalue weighted by atomic mass is 32.2. The van der Waals surface area contributed by atoms with Gasteiger partial charge in [-0.3, -0.25) is 9.69 Å². The molecule has 0 amide bonds. The average Bonchev–Trinajstić information content (AvgIpc) is 3.02. The van der Waals surface area contributed by atoms with Crippen molar-refractivity contribution in [1.82, 2.24) is 13.8 Å². The first-order chi connectivity index (χ1) is 14.2. The van der Waals surface area contributed by atoms with Crippen LogP contribution in [0.2, 0.25) is 0 Å². The molecule has 30 heavy (non-hydrogen) atoms. The highest BCUT2D eigenvalue weighted by Crippen LogP contribution is 2.21. The highest BCUT2D eigenvalue weighted by Gasteiger charge is 2.28. The van der Waals surface area contributed by atoms with Crippen LogP contribution in [-0.2, 0) is 16.4 Å². The summed E-state index contributed by atoms with van der Waals surface area (Å²) in [6, 6.07) is 12.0. The Morgan fingerprint density at radius 3 is 2.23 bits per heavy atom. The van der Waals surface area contributed by atoms with Gasteiger partial charge in [0.25, 0.3) is 0 Å². The molecule has 0 bridgehead atoms. The molecule has 0 atom stereocenters. The Kier molecular flexibility index (Phi) is 7.16. The van der Waals surface area contributed by atoms with Gasteiger partial charge < -0.3 is 4.57 Å². The van der Waals surface area contributed by atoms with Crippen molar-refractivity contribution in [2.24, 2.45) is 0 Å². The second-order valence-electron chi connectivity index (χ2n) is 8.40. The van der Waals surface area contributed by atoms with Crippen molar-refractivity contribution in [2.75, 3.05) is 38.5 Å². The number of carbonyl (C=O) groups is 1. The molecule has 6 nitrogen and oxygen atoms in total. The summed E-state index contributed by atoms with van der Waals surface area (Å²) in [6.07, 6.45) is 0.521. The lowest BCUT2D eigenvalue weighted by Crippen LogP contribution is -2.50. The Balaban J connectivity index is 1.54. The molecule has 1 aromatic carbocycles. The quantitative estimate of drug-likeness (QED) is 0.603. The number of hydrogen-bond donors (Lipinski definition) is 0.